The van der Waals surface area contributed by atoms with E-state index in [1.54, 1.807) is 6.07 Å². The van der Waals surface area contributed by atoms with Gasteiger partial charge >= 0.3 is 0 Å². The van der Waals surface area contributed by atoms with Crippen LogP contribution in [0.5, 0.6) is 0 Å². The van der Waals surface area contributed by atoms with Gasteiger partial charge in [0.05, 0.1) is 5.60 Å². The van der Waals surface area contributed by atoms with Gasteiger partial charge in [-0.3, -0.25) is 0 Å². The summed E-state index contributed by atoms with van der Waals surface area (Å²) in [5, 5.41) is 11.3. The molecule has 0 heterocycles. The van der Waals surface area contributed by atoms with Crippen molar-refractivity contribution in [2.75, 3.05) is 0 Å². The van der Waals surface area contributed by atoms with E-state index >= 15 is 0 Å². The summed E-state index contributed by atoms with van der Waals surface area (Å²) in [6.45, 7) is 8.47. The molecule has 2 atom stereocenters. The Labute approximate surface area is 115 Å². The maximum absolute atomic E-state index is 13.6. The molecular formula is C17H25FO. The van der Waals surface area contributed by atoms with E-state index in [-0.39, 0.29) is 17.2 Å². The predicted octanol–water partition coefficient (Wildman–Crippen LogP) is 4.56. The molecule has 2 rings (SSSR count). The fourth-order valence-electron chi connectivity index (χ4n) is 3.69. The van der Waals surface area contributed by atoms with E-state index in [1.165, 1.54) is 12.1 Å². The highest BCUT2D eigenvalue weighted by atomic mass is 19.1. The molecule has 1 aromatic rings. The second-order valence-electron chi connectivity index (χ2n) is 7.05. The molecule has 1 saturated carbocycles. The first-order chi connectivity index (χ1) is 8.75. The lowest BCUT2D eigenvalue weighted by molar-refractivity contribution is -0.0965. The highest BCUT2D eigenvalue weighted by Crippen LogP contribution is 2.50. The van der Waals surface area contributed by atoms with Crippen molar-refractivity contribution in [2.45, 2.75) is 59.0 Å². The number of hydrogen-bond donors (Lipinski definition) is 1. The summed E-state index contributed by atoms with van der Waals surface area (Å²) >= 11 is 0. The molecule has 1 nitrogen and oxygen atoms in total. The molecule has 0 aromatic heterocycles. The minimum absolute atomic E-state index is 0.0218. The fraction of sp³-hybridized carbons (Fsp3) is 0.647. The summed E-state index contributed by atoms with van der Waals surface area (Å²) in [7, 11) is 0. The van der Waals surface area contributed by atoms with Crippen molar-refractivity contribution >= 4 is 0 Å². The van der Waals surface area contributed by atoms with E-state index in [0.29, 0.717) is 0 Å². The van der Waals surface area contributed by atoms with Crippen molar-refractivity contribution in [1.82, 2.24) is 0 Å². The maximum atomic E-state index is 13.6. The molecule has 2 unspecified atom stereocenters. The highest BCUT2D eigenvalue weighted by molar-refractivity contribution is 5.33. The average molecular weight is 264 g/mol. The third-order valence-electron chi connectivity index (χ3n) is 4.59. The lowest BCUT2D eigenvalue weighted by Crippen LogP contribution is -2.45. The van der Waals surface area contributed by atoms with Crippen LogP contribution in [0.3, 0.4) is 0 Å². The normalized spacial score (nSPS) is 28.4. The number of hydrogen-bond acceptors (Lipinski definition) is 1. The van der Waals surface area contributed by atoms with Gasteiger partial charge in [0.1, 0.15) is 5.82 Å². The molecule has 1 fully saturated rings. The quantitative estimate of drug-likeness (QED) is 0.788. The van der Waals surface area contributed by atoms with Crippen molar-refractivity contribution in [3.05, 3.63) is 35.1 Å². The molecule has 2 heteroatoms. The number of aliphatic hydroxyl groups is 1. The van der Waals surface area contributed by atoms with Gasteiger partial charge in [0, 0.05) is 0 Å². The average Bonchev–Trinajstić information content (AvgIpc) is 2.31. The van der Waals surface area contributed by atoms with E-state index in [2.05, 4.69) is 20.8 Å². The molecule has 0 spiro atoms. The van der Waals surface area contributed by atoms with Crippen LogP contribution < -0.4 is 0 Å². The Kier molecular flexibility index (Phi) is 3.74. The van der Waals surface area contributed by atoms with Crippen molar-refractivity contribution in [1.29, 1.82) is 0 Å². The number of rotatable bonds is 1. The molecule has 0 saturated heterocycles. The van der Waals surface area contributed by atoms with E-state index in [1.807, 2.05) is 6.92 Å². The molecule has 106 valence electrons. The Bertz CT molecular complexity index is 461. The molecule has 0 radical (unpaired) electrons. The SMILES string of the molecule is Cc1ccc(F)cc1C1(O)CCCCC1C(C)(C)C. The number of aryl methyl sites for hydroxylation is 1. The summed E-state index contributed by atoms with van der Waals surface area (Å²) in [5.41, 5.74) is 0.906. The Hall–Kier alpha value is -0.890. The van der Waals surface area contributed by atoms with Crippen molar-refractivity contribution in [3.8, 4) is 0 Å². The van der Waals surface area contributed by atoms with Gasteiger partial charge in [-0.05, 0) is 54.4 Å². The second kappa shape index (κ2) is 4.90. The minimum Gasteiger partial charge on any atom is -0.385 e. The highest BCUT2D eigenvalue weighted by Gasteiger charge is 2.46. The van der Waals surface area contributed by atoms with E-state index in [4.69, 9.17) is 0 Å². The van der Waals surface area contributed by atoms with Crippen LogP contribution in [0.1, 0.15) is 57.6 Å². The number of halogens is 1. The van der Waals surface area contributed by atoms with Crippen LogP contribution in [0, 0.1) is 24.1 Å². The monoisotopic (exact) mass is 264 g/mol. The molecule has 1 aliphatic rings. The van der Waals surface area contributed by atoms with Gasteiger partial charge in [-0.15, -0.1) is 0 Å². The molecule has 1 N–H and O–H groups in total. The Balaban J connectivity index is 2.51. The van der Waals surface area contributed by atoms with Crippen LogP contribution in [0.25, 0.3) is 0 Å². The molecular weight excluding hydrogens is 239 g/mol. The van der Waals surface area contributed by atoms with Gasteiger partial charge in [-0.1, -0.05) is 39.7 Å². The van der Waals surface area contributed by atoms with Gasteiger partial charge in [0.2, 0.25) is 0 Å². The molecule has 0 amide bonds. The Morgan fingerprint density at radius 2 is 1.95 bits per heavy atom. The third kappa shape index (κ3) is 2.69. The Morgan fingerprint density at radius 3 is 2.58 bits per heavy atom. The van der Waals surface area contributed by atoms with Crippen molar-refractivity contribution < 1.29 is 9.50 Å². The van der Waals surface area contributed by atoms with E-state index < -0.39 is 5.60 Å². The zero-order valence-corrected chi connectivity index (χ0v) is 12.5. The first kappa shape index (κ1) is 14.5. The first-order valence-electron chi connectivity index (χ1n) is 7.24. The van der Waals surface area contributed by atoms with Gasteiger partial charge in [0.15, 0.2) is 0 Å². The molecule has 0 aliphatic heterocycles. The summed E-state index contributed by atoms with van der Waals surface area (Å²) in [4.78, 5) is 0. The molecule has 0 bridgehead atoms. The standard InChI is InChI=1S/C17H25FO/c1-12-8-9-13(18)11-14(12)17(19)10-6-5-7-15(17)16(2,3)4/h8-9,11,15,19H,5-7,10H2,1-4H3. The van der Waals surface area contributed by atoms with Crippen LogP contribution in [0.4, 0.5) is 4.39 Å². The zero-order valence-electron chi connectivity index (χ0n) is 12.5. The van der Waals surface area contributed by atoms with Gasteiger partial charge in [-0.2, -0.15) is 0 Å². The van der Waals surface area contributed by atoms with Crippen molar-refractivity contribution in [3.63, 3.8) is 0 Å². The van der Waals surface area contributed by atoms with Crippen LogP contribution >= 0.6 is 0 Å². The van der Waals surface area contributed by atoms with Crippen LogP contribution in [0.15, 0.2) is 18.2 Å². The first-order valence-corrected chi connectivity index (χ1v) is 7.24. The third-order valence-corrected chi connectivity index (χ3v) is 4.59. The molecule has 1 aromatic carbocycles. The summed E-state index contributed by atoms with van der Waals surface area (Å²) in [6.07, 6.45) is 3.91. The van der Waals surface area contributed by atoms with Crippen LogP contribution in [0.2, 0.25) is 0 Å². The van der Waals surface area contributed by atoms with Gasteiger partial charge < -0.3 is 5.11 Å². The lowest BCUT2D eigenvalue weighted by Gasteiger charge is -2.47. The summed E-state index contributed by atoms with van der Waals surface area (Å²) < 4.78 is 13.6. The molecule has 1 aliphatic carbocycles. The largest absolute Gasteiger partial charge is 0.385 e. The van der Waals surface area contributed by atoms with Crippen molar-refractivity contribution in [2.24, 2.45) is 11.3 Å². The minimum atomic E-state index is -0.886. The summed E-state index contributed by atoms with van der Waals surface area (Å²) in [5.74, 6) is -0.0819. The number of benzene rings is 1. The van der Waals surface area contributed by atoms with E-state index in [9.17, 15) is 9.50 Å². The van der Waals surface area contributed by atoms with Crippen LogP contribution in [-0.4, -0.2) is 5.11 Å². The zero-order chi connectivity index (χ0) is 14.3. The Morgan fingerprint density at radius 1 is 1.26 bits per heavy atom. The van der Waals surface area contributed by atoms with Gasteiger partial charge in [-0.25, -0.2) is 4.39 Å². The van der Waals surface area contributed by atoms with E-state index in [0.717, 1.165) is 36.8 Å². The van der Waals surface area contributed by atoms with Gasteiger partial charge in [0.25, 0.3) is 0 Å². The molecule has 19 heavy (non-hydrogen) atoms. The fourth-order valence-corrected chi connectivity index (χ4v) is 3.69. The topological polar surface area (TPSA) is 20.2 Å². The second-order valence-corrected chi connectivity index (χ2v) is 7.05. The maximum Gasteiger partial charge on any atom is 0.123 e. The lowest BCUT2D eigenvalue weighted by atomic mass is 9.61. The predicted molar refractivity (Wildman–Crippen MR) is 76.4 cm³/mol. The van der Waals surface area contributed by atoms with Crippen LogP contribution in [-0.2, 0) is 5.60 Å². The smallest absolute Gasteiger partial charge is 0.123 e. The summed E-state index contributed by atoms with van der Waals surface area (Å²) in [6, 6.07) is 4.77.